The SMILES string of the molecule is Cc1ncc(N(C)C)n1-c1ccccc1. The first-order valence-corrected chi connectivity index (χ1v) is 4.97. The second-order valence-corrected chi connectivity index (χ2v) is 3.73. The van der Waals surface area contributed by atoms with E-state index in [1.807, 2.05) is 45.4 Å². The van der Waals surface area contributed by atoms with Gasteiger partial charge in [-0.1, -0.05) is 18.2 Å². The quantitative estimate of drug-likeness (QED) is 0.743. The van der Waals surface area contributed by atoms with E-state index in [4.69, 9.17) is 0 Å². The molecule has 0 bridgehead atoms. The topological polar surface area (TPSA) is 21.1 Å². The molecule has 0 spiro atoms. The van der Waals surface area contributed by atoms with Gasteiger partial charge in [-0.3, -0.25) is 4.57 Å². The highest BCUT2D eigenvalue weighted by atomic mass is 15.2. The Hall–Kier alpha value is -1.77. The molecule has 3 nitrogen and oxygen atoms in total. The Labute approximate surface area is 90.0 Å². The van der Waals surface area contributed by atoms with E-state index in [-0.39, 0.29) is 0 Å². The largest absolute Gasteiger partial charge is 0.363 e. The number of aromatic nitrogens is 2. The minimum atomic E-state index is 1.00. The maximum Gasteiger partial charge on any atom is 0.132 e. The fourth-order valence-electron chi connectivity index (χ4n) is 1.64. The average Bonchev–Trinajstić information content (AvgIpc) is 2.61. The van der Waals surface area contributed by atoms with Crippen molar-refractivity contribution in [2.75, 3.05) is 19.0 Å². The van der Waals surface area contributed by atoms with Crippen LogP contribution in [0.2, 0.25) is 0 Å². The normalized spacial score (nSPS) is 10.3. The minimum absolute atomic E-state index is 1.00. The number of imidazole rings is 1. The van der Waals surface area contributed by atoms with Gasteiger partial charge in [0.25, 0.3) is 0 Å². The number of hydrogen-bond donors (Lipinski definition) is 0. The molecular weight excluding hydrogens is 186 g/mol. The summed E-state index contributed by atoms with van der Waals surface area (Å²) >= 11 is 0. The Balaban J connectivity index is 2.57. The molecule has 3 heteroatoms. The molecule has 0 amide bonds. The number of para-hydroxylation sites is 1. The number of rotatable bonds is 2. The molecule has 0 unspecified atom stereocenters. The third-order valence-electron chi connectivity index (χ3n) is 2.39. The van der Waals surface area contributed by atoms with Gasteiger partial charge in [-0.05, 0) is 19.1 Å². The third kappa shape index (κ3) is 1.73. The van der Waals surface area contributed by atoms with Crippen molar-refractivity contribution >= 4 is 5.82 Å². The summed E-state index contributed by atoms with van der Waals surface area (Å²) in [4.78, 5) is 6.40. The number of hydrogen-bond acceptors (Lipinski definition) is 2. The summed E-state index contributed by atoms with van der Waals surface area (Å²) in [5.74, 6) is 2.10. The van der Waals surface area contributed by atoms with E-state index in [9.17, 15) is 0 Å². The molecule has 0 atom stereocenters. The van der Waals surface area contributed by atoms with Crippen molar-refractivity contribution < 1.29 is 0 Å². The highest BCUT2D eigenvalue weighted by Gasteiger charge is 2.09. The first kappa shape index (κ1) is 9.77. The lowest BCUT2D eigenvalue weighted by Gasteiger charge is -2.16. The third-order valence-corrected chi connectivity index (χ3v) is 2.39. The van der Waals surface area contributed by atoms with Crippen LogP contribution in [0.5, 0.6) is 0 Å². The molecule has 0 radical (unpaired) electrons. The van der Waals surface area contributed by atoms with E-state index in [1.165, 1.54) is 0 Å². The van der Waals surface area contributed by atoms with Gasteiger partial charge in [0, 0.05) is 19.8 Å². The lowest BCUT2D eigenvalue weighted by Crippen LogP contribution is -2.13. The van der Waals surface area contributed by atoms with Crippen molar-refractivity contribution in [2.45, 2.75) is 6.92 Å². The van der Waals surface area contributed by atoms with E-state index in [0.29, 0.717) is 0 Å². The van der Waals surface area contributed by atoms with Crippen LogP contribution in [0, 0.1) is 6.92 Å². The van der Waals surface area contributed by atoms with Crippen molar-refractivity contribution in [1.82, 2.24) is 9.55 Å². The zero-order chi connectivity index (χ0) is 10.8. The maximum atomic E-state index is 4.34. The van der Waals surface area contributed by atoms with Gasteiger partial charge >= 0.3 is 0 Å². The lowest BCUT2D eigenvalue weighted by atomic mass is 10.3. The van der Waals surface area contributed by atoms with Crippen molar-refractivity contribution in [3.05, 3.63) is 42.4 Å². The van der Waals surface area contributed by atoms with Crippen LogP contribution in [0.3, 0.4) is 0 Å². The van der Waals surface area contributed by atoms with Crippen LogP contribution in [0.25, 0.3) is 5.69 Å². The molecule has 0 aliphatic heterocycles. The Kier molecular flexibility index (Phi) is 2.46. The van der Waals surface area contributed by atoms with E-state index in [2.05, 4.69) is 26.6 Å². The second-order valence-electron chi connectivity index (χ2n) is 3.73. The van der Waals surface area contributed by atoms with Gasteiger partial charge in [0.2, 0.25) is 0 Å². The molecule has 2 rings (SSSR count). The Morgan fingerprint density at radius 1 is 1.13 bits per heavy atom. The van der Waals surface area contributed by atoms with Gasteiger partial charge < -0.3 is 4.90 Å². The second kappa shape index (κ2) is 3.77. The minimum Gasteiger partial charge on any atom is -0.363 e. The summed E-state index contributed by atoms with van der Waals surface area (Å²) in [6, 6.07) is 10.3. The van der Waals surface area contributed by atoms with Gasteiger partial charge in [0.15, 0.2) is 0 Å². The summed E-state index contributed by atoms with van der Waals surface area (Å²) < 4.78 is 2.14. The van der Waals surface area contributed by atoms with Crippen LogP contribution in [0.4, 0.5) is 5.82 Å². The average molecular weight is 201 g/mol. The predicted molar refractivity (Wildman–Crippen MR) is 62.6 cm³/mol. The van der Waals surface area contributed by atoms with Gasteiger partial charge in [0.1, 0.15) is 11.6 Å². The molecule has 1 aromatic carbocycles. The highest BCUT2D eigenvalue weighted by Crippen LogP contribution is 2.19. The van der Waals surface area contributed by atoms with Gasteiger partial charge in [-0.2, -0.15) is 0 Å². The molecule has 0 saturated carbocycles. The summed E-state index contributed by atoms with van der Waals surface area (Å²) in [5.41, 5.74) is 1.15. The zero-order valence-electron chi connectivity index (χ0n) is 9.31. The highest BCUT2D eigenvalue weighted by molar-refractivity contribution is 5.47. The van der Waals surface area contributed by atoms with E-state index in [0.717, 1.165) is 17.3 Å². The molecule has 0 aliphatic carbocycles. The molecule has 0 saturated heterocycles. The monoisotopic (exact) mass is 201 g/mol. The molecule has 78 valence electrons. The maximum absolute atomic E-state index is 4.34. The molecule has 0 aliphatic rings. The van der Waals surface area contributed by atoms with E-state index >= 15 is 0 Å². The molecule has 2 aromatic rings. The first-order chi connectivity index (χ1) is 7.20. The van der Waals surface area contributed by atoms with Crippen molar-refractivity contribution in [3.8, 4) is 5.69 Å². The molecular formula is C12H15N3. The van der Waals surface area contributed by atoms with E-state index in [1.54, 1.807) is 0 Å². The Morgan fingerprint density at radius 2 is 1.80 bits per heavy atom. The predicted octanol–water partition coefficient (Wildman–Crippen LogP) is 2.25. The molecule has 0 fully saturated rings. The molecule has 15 heavy (non-hydrogen) atoms. The molecule has 1 aromatic heterocycles. The summed E-state index contributed by atoms with van der Waals surface area (Å²) in [6.07, 6.45) is 1.89. The Bertz CT molecular complexity index is 443. The number of aryl methyl sites for hydroxylation is 1. The molecule has 1 heterocycles. The smallest absolute Gasteiger partial charge is 0.132 e. The van der Waals surface area contributed by atoms with Crippen LogP contribution in [0.1, 0.15) is 5.82 Å². The standard InChI is InChI=1S/C12H15N3/c1-10-13-9-12(14(2)3)15(10)11-7-5-4-6-8-11/h4-9H,1-3H3. The van der Waals surface area contributed by atoms with E-state index < -0.39 is 0 Å². The number of nitrogens with zero attached hydrogens (tertiary/aromatic N) is 3. The van der Waals surface area contributed by atoms with Crippen molar-refractivity contribution in [1.29, 1.82) is 0 Å². The summed E-state index contributed by atoms with van der Waals surface area (Å²) in [5, 5.41) is 0. The van der Waals surface area contributed by atoms with Gasteiger partial charge in [-0.15, -0.1) is 0 Å². The first-order valence-electron chi connectivity index (χ1n) is 4.97. The van der Waals surface area contributed by atoms with Crippen molar-refractivity contribution in [3.63, 3.8) is 0 Å². The summed E-state index contributed by atoms with van der Waals surface area (Å²) in [6.45, 7) is 2.01. The zero-order valence-corrected chi connectivity index (χ0v) is 9.31. The van der Waals surface area contributed by atoms with Crippen LogP contribution in [-0.2, 0) is 0 Å². The van der Waals surface area contributed by atoms with Crippen LogP contribution >= 0.6 is 0 Å². The van der Waals surface area contributed by atoms with Crippen molar-refractivity contribution in [2.24, 2.45) is 0 Å². The molecule has 0 N–H and O–H groups in total. The number of anilines is 1. The fourth-order valence-corrected chi connectivity index (χ4v) is 1.64. The fraction of sp³-hybridized carbons (Fsp3) is 0.250. The Morgan fingerprint density at radius 3 is 2.40 bits per heavy atom. The van der Waals surface area contributed by atoms with Crippen LogP contribution < -0.4 is 4.90 Å². The van der Waals surface area contributed by atoms with Crippen LogP contribution in [-0.4, -0.2) is 23.6 Å². The summed E-state index contributed by atoms with van der Waals surface area (Å²) in [7, 11) is 4.05. The lowest BCUT2D eigenvalue weighted by molar-refractivity contribution is 0.935. The van der Waals surface area contributed by atoms with Gasteiger partial charge in [-0.25, -0.2) is 4.98 Å². The van der Waals surface area contributed by atoms with Gasteiger partial charge in [0.05, 0.1) is 6.20 Å². The number of benzene rings is 1. The van der Waals surface area contributed by atoms with Crippen LogP contribution in [0.15, 0.2) is 36.5 Å².